The standard InChI is InChI=1S/C13H24N6O/c1-9-11(12(14)16-20)13(19(4)15-9)18(3)10-6-5-7-17(2)8-10/h10,20H,5-8H2,1-4H3,(H2,14,16). The van der Waals surface area contributed by atoms with Gasteiger partial charge in [0.1, 0.15) is 5.82 Å². The first-order chi connectivity index (χ1) is 9.45. The monoisotopic (exact) mass is 280 g/mol. The molecule has 1 unspecified atom stereocenters. The molecule has 7 nitrogen and oxygen atoms in total. The van der Waals surface area contributed by atoms with Crippen molar-refractivity contribution in [3.8, 4) is 0 Å². The molecule has 1 aromatic rings. The molecule has 3 N–H and O–H groups in total. The Morgan fingerprint density at radius 2 is 2.20 bits per heavy atom. The fourth-order valence-electron chi connectivity index (χ4n) is 3.03. The highest BCUT2D eigenvalue weighted by Crippen LogP contribution is 2.26. The van der Waals surface area contributed by atoms with E-state index in [0.29, 0.717) is 11.6 Å². The predicted molar refractivity (Wildman–Crippen MR) is 79.4 cm³/mol. The molecule has 1 saturated heterocycles. The minimum atomic E-state index is 0.113. The molecular weight excluding hydrogens is 256 g/mol. The molecule has 20 heavy (non-hydrogen) atoms. The van der Waals surface area contributed by atoms with Gasteiger partial charge in [-0.3, -0.25) is 4.68 Å². The fourth-order valence-corrected chi connectivity index (χ4v) is 3.03. The van der Waals surface area contributed by atoms with E-state index in [-0.39, 0.29) is 5.84 Å². The Labute approximate surface area is 119 Å². The quantitative estimate of drug-likeness (QED) is 0.361. The van der Waals surface area contributed by atoms with Gasteiger partial charge >= 0.3 is 0 Å². The van der Waals surface area contributed by atoms with Crippen molar-refractivity contribution >= 4 is 11.7 Å². The zero-order valence-electron chi connectivity index (χ0n) is 12.7. The number of rotatable bonds is 3. The first kappa shape index (κ1) is 14.6. The molecule has 112 valence electrons. The lowest BCUT2D eigenvalue weighted by molar-refractivity contribution is 0.247. The maximum absolute atomic E-state index is 8.98. The first-order valence-electron chi connectivity index (χ1n) is 6.88. The van der Waals surface area contributed by atoms with Gasteiger partial charge in [-0.1, -0.05) is 5.16 Å². The van der Waals surface area contributed by atoms with E-state index in [9.17, 15) is 0 Å². The lowest BCUT2D eigenvalue weighted by Crippen LogP contribution is -2.46. The number of hydrogen-bond donors (Lipinski definition) is 2. The molecule has 0 bridgehead atoms. The van der Waals surface area contributed by atoms with E-state index in [2.05, 4.69) is 34.1 Å². The number of nitrogens with two attached hydrogens (primary N) is 1. The maximum atomic E-state index is 8.98. The number of likely N-dealkylation sites (tertiary alicyclic amines) is 1. The Morgan fingerprint density at radius 1 is 1.50 bits per heavy atom. The summed E-state index contributed by atoms with van der Waals surface area (Å²) < 4.78 is 1.80. The number of nitrogens with zero attached hydrogens (tertiary/aromatic N) is 5. The van der Waals surface area contributed by atoms with Crippen LogP contribution in [0.25, 0.3) is 0 Å². The summed E-state index contributed by atoms with van der Waals surface area (Å²) in [6.07, 6.45) is 2.32. The van der Waals surface area contributed by atoms with Gasteiger partial charge in [0.15, 0.2) is 5.84 Å². The van der Waals surface area contributed by atoms with Gasteiger partial charge in [-0.15, -0.1) is 0 Å². The van der Waals surface area contributed by atoms with Crippen LogP contribution in [0.3, 0.4) is 0 Å². The Morgan fingerprint density at radius 3 is 2.80 bits per heavy atom. The second kappa shape index (κ2) is 5.70. The van der Waals surface area contributed by atoms with Crippen molar-refractivity contribution in [1.29, 1.82) is 0 Å². The van der Waals surface area contributed by atoms with Crippen molar-refractivity contribution in [3.05, 3.63) is 11.3 Å². The van der Waals surface area contributed by atoms with E-state index in [4.69, 9.17) is 10.9 Å². The van der Waals surface area contributed by atoms with Gasteiger partial charge < -0.3 is 20.7 Å². The van der Waals surface area contributed by atoms with Gasteiger partial charge in [-0.2, -0.15) is 5.10 Å². The zero-order chi connectivity index (χ0) is 14.9. The van der Waals surface area contributed by atoms with Crippen molar-refractivity contribution in [2.24, 2.45) is 17.9 Å². The minimum Gasteiger partial charge on any atom is -0.409 e. The summed E-state index contributed by atoms with van der Waals surface area (Å²) in [5.74, 6) is 1.01. The number of oxime groups is 1. The smallest absolute Gasteiger partial charge is 0.175 e. The lowest BCUT2D eigenvalue weighted by atomic mass is 10.0. The van der Waals surface area contributed by atoms with E-state index >= 15 is 0 Å². The number of hydrogen-bond acceptors (Lipinski definition) is 5. The van der Waals surface area contributed by atoms with Crippen molar-refractivity contribution in [2.45, 2.75) is 25.8 Å². The maximum Gasteiger partial charge on any atom is 0.175 e. The molecule has 1 atom stereocenters. The molecule has 1 aliphatic rings. The zero-order valence-corrected chi connectivity index (χ0v) is 12.7. The highest BCUT2D eigenvalue weighted by atomic mass is 16.4. The second-order valence-corrected chi connectivity index (χ2v) is 5.56. The summed E-state index contributed by atoms with van der Waals surface area (Å²) >= 11 is 0. The molecule has 0 spiro atoms. The number of amidine groups is 1. The van der Waals surface area contributed by atoms with Gasteiger partial charge in [-0.05, 0) is 33.4 Å². The van der Waals surface area contributed by atoms with Gasteiger partial charge in [0.05, 0.1) is 11.3 Å². The molecule has 0 radical (unpaired) electrons. The number of piperidine rings is 1. The molecular formula is C13H24N6O. The van der Waals surface area contributed by atoms with Crippen molar-refractivity contribution in [2.75, 3.05) is 32.1 Å². The Bertz CT molecular complexity index is 509. The van der Waals surface area contributed by atoms with Crippen LogP contribution in [0.5, 0.6) is 0 Å². The topological polar surface area (TPSA) is 82.9 Å². The predicted octanol–water partition coefficient (Wildman–Crippen LogP) is 0.353. The Hall–Kier alpha value is -1.76. The van der Waals surface area contributed by atoms with E-state index in [0.717, 1.165) is 31.0 Å². The summed E-state index contributed by atoms with van der Waals surface area (Å²) in [4.78, 5) is 4.53. The average molecular weight is 280 g/mol. The normalized spacial score (nSPS) is 21.2. The van der Waals surface area contributed by atoms with E-state index < -0.39 is 0 Å². The molecule has 1 aliphatic heterocycles. The van der Waals surface area contributed by atoms with Gasteiger partial charge in [0, 0.05) is 26.7 Å². The Balaban J connectivity index is 2.36. The molecule has 0 aliphatic carbocycles. The molecule has 1 aromatic heterocycles. The summed E-state index contributed by atoms with van der Waals surface area (Å²) in [6.45, 7) is 4.02. The number of anilines is 1. The summed E-state index contributed by atoms with van der Waals surface area (Å²) in [5.41, 5.74) is 7.30. The van der Waals surface area contributed by atoms with Crippen LogP contribution in [0.2, 0.25) is 0 Å². The molecule has 2 heterocycles. The van der Waals surface area contributed by atoms with Crippen LogP contribution in [-0.2, 0) is 7.05 Å². The number of likely N-dealkylation sites (N-methyl/N-ethyl adjacent to an activating group) is 2. The van der Waals surface area contributed by atoms with E-state index in [1.165, 1.54) is 6.42 Å². The van der Waals surface area contributed by atoms with Crippen LogP contribution < -0.4 is 10.6 Å². The van der Waals surface area contributed by atoms with Crippen LogP contribution >= 0.6 is 0 Å². The third-order valence-electron chi connectivity index (χ3n) is 4.04. The third kappa shape index (κ3) is 2.58. The van der Waals surface area contributed by atoms with Crippen molar-refractivity contribution < 1.29 is 5.21 Å². The molecule has 7 heteroatoms. The van der Waals surface area contributed by atoms with Gasteiger partial charge in [0.2, 0.25) is 0 Å². The van der Waals surface area contributed by atoms with Gasteiger partial charge in [0.25, 0.3) is 0 Å². The number of aromatic nitrogens is 2. The fraction of sp³-hybridized carbons (Fsp3) is 0.692. The minimum absolute atomic E-state index is 0.113. The first-order valence-corrected chi connectivity index (χ1v) is 6.88. The van der Waals surface area contributed by atoms with Crippen LogP contribution in [-0.4, -0.2) is 58.9 Å². The van der Waals surface area contributed by atoms with Crippen LogP contribution in [0.4, 0.5) is 5.82 Å². The molecule has 1 fully saturated rings. The highest BCUT2D eigenvalue weighted by molar-refractivity contribution is 6.02. The van der Waals surface area contributed by atoms with Crippen LogP contribution in [0.1, 0.15) is 24.1 Å². The Kier molecular flexibility index (Phi) is 4.17. The molecule has 0 aromatic carbocycles. The largest absolute Gasteiger partial charge is 0.409 e. The lowest BCUT2D eigenvalue weighted by Gasteiger charge is -2.37. The SMILES string of the molecule is Cc1nn(C)c(N(C)C2CCCN(C)C2)c1C(N)=NO. The van der Waals surface area contributed by atoms with Gasteiger partial charge in [-0.25, -0.2) is 0 Å². The molecule has 2 rings (SSSR count). The van der Waals surface area contributed by atoms with Crippen LogP contribution in [0, 0.1) is 6.92 Å². The number of aryl methyl sites for hydroxylation is 2. The average Bonchev–Trinajstić information content (AvgIpc) is 2.71. The van der Waals surface area contributed by atoms with E-state index in [1.807, 2.05) is 14.0 Å². The van der Waals surface area contributed by atoms with Crippen molar-refractivity contribution in [1.82, 2.24) is 14.7 Å². The summed E-state index contributed by atoms with van der Waals surface area (Å²) in [7, 11) is 6.08. The molecule has 0 saturated carbocycles. The van der Waals surface area contributed by atoms with Crippen molar-refractivity contribution in [3.63, 3.8) is 0 Å². The second-order valence-electron chi connectivity index (χ2n) is 5.56. The van der Waals surface area contributed by atoms with E-state index in [1.54, 1.807) is 4.68 Å². The highest BCUT2D eigenvalue weighted by Gasteiger charge is 2.27. The van der Waals surface area contributed by atoms with Crippen LogP contribution in [0.15, 0.2) is 5.16 Å². The summed E-state index contributed by atoms with van der Waals surface area (Å²) in [5, 5.41) is 16.5. The molecule has 0 amide bonds. The third-order valence-corrected chi connectivity index (χ3v) is 4.04. The summed E-state index contributed by atoms with van der Waals surface area (Å²) in [6, 6.07) is 0.411.